The summed E-state index contributed by atoms with van der Waals surface area (Å²) in [6.45, 7) is 10.0. The van der Waals surface area contributed by atoms with Crippen LogP contribution in [-0.4, -0.2) is 16.3 Å². The number of nitrogens with zero attached hydrogens (tertiary/aromatic N) is 2. The van der Waals surface area contributed by atoms with Gasteiger partial charge in [-0.05, 0) is 18.8 Å². The zero-order valence-electron chi connectivity index (χ0n) is 12.8. The molecule has 2 aromatic rings. The van der Waals surface area contributed by atoms with Crippen LogP contribution >= 0.6 is 0 Å². The Morgan fingerprint density at radius 3 is 2.55 bits per heavy atom. The van der Waals surface area contributed by atoms with Gasteiger partial charge >= 0.3 is 0 Å². The largest absolute Gasteiger partial charge is 0.370 e. The number of hydrogen-bond acceptors (Lipinski definition) is 2. The van der Waals surface area contributed by atoms with E-state index in [4.69, 9.17) is 5.10 Å². The van der Waals surface area contributed by atoms with Crippen LogP contribution in [-0.2, 0) is 0 Å². The molecule has 0 aliphatic carbocycles. The van der Waals surface area contributed by atoms with E-state index >= 15 is 0 Å². The van der Waals surface area contributed by atoms with Gasteiger partial charge in [0.25, 0.3) is 0 Å². The van der Waals surface area contributed by atoms with Crippen LogP contribution in [0.3, 0.4) is 0 Å². The van der Waals surface area contributed by atoms with Crippen LogP contribution < -0.4 is 5.32 Å². The van der Waals surface area contributed by atoms with E-state index in [1.54, 1.807) is 0 Å². The fourth-order valence-corrected chi connectivity index (χ4v) is 2.89. The van der Waals surface area contributed by atoms with Crippen LogP contribution in [0, 0.1) is 12.3 Å². The Morgan fingerprint density at radius 2 is 1.90 bits per heavy atom. The first-order valence-electron chi connectivity index (χ1n) is 7.35. The van der Waals surface area contributed by atoms with E-state index in [1.807, 2.05) is 0 Å². The van der Waals surface area contributed by atoms with Crippen LogP contribution in [0.25, 0.3) is 11.3 Å². The quantitative estimate of drug-likeness (QED) is 0.838. The van der Waals surface area contributed by atoms with E-state index in [1.165, 1.54) is 11.1 Å². The van der Waals surface area contributed by atoms with Crippen LogP contribution in [0.5, 0.6) is 0 Å². The molecule has 0 amide bonds. The molecule has 0 spiro atoms. The van der Waals surface area contributed by atoms with Gasteiger partial charge in [-0.3, -0.25) is 0 Å². The molecule has 1 aliphatic rings. The Balaban J connectivity index is 2.01. The number of benzene rings is 1. The zero-order chi connectivity index (χ0) is 14.3. The van der Waals surface area contributed by atoms with Gasteiger partial charge in [-0.15, -0.1) is 0 Å². The highest BCUT2D eigenvalue weighted by atomic mass is 15.4. The van der Waals surface area contributed by atoms with E-state index in [2.05, 4.69) is 68.0 Å². The van der Waals surface area contributed by atoms with E-state index in [-0.39, 0.29) is 5.41 Å². The van der Waals surface area contributed by atoms with Crippen LogP contribution in [0.4, 0.5) is 5.82 Å². The summed E-state index contributed by atoms with van der Waals surface area (Å²) < 4.78 is 2.18. The molecule has 0 saturated heterocycles. The summed E-state index contributed by atoms with van der Waals surface area (Å²) in [5.74, 6) is 1.15. The third kappa shape index (κ3) is 2.33. The van der Waals surface area contributed by atoms with Crippen molar-refractivity contribution in [1.82, 2.24) is 9.78 Å². The molecule has 3 heteroatoms. The summed E-state index contributed by atoms with van der Waals surface area (Å²) in [7, 11) is 0. The number of anilines is 1. The molecule has 1 aromatic heterocycles. The van der Waals surface area contributed by atoms with E-state index < -0.39 is 0 Å². The van der Waals surface area contributed by atoms with Crippen molar-refractivity contribution in [3.8, 4) is 11.3 Å². The molecule has 0 bridgehead atoms. The molecule has 0 saturated carbocycles. The molecule has 2 heterocycles. The minimum absolute atomic E-state index is 0.230. The molecule has 0 fully saturated rings. The van der Waals surface area contributed by atoms with Crippen molar-refractivity contribution in [1.29, 1.82) is 0 Å². The molecule has 3 nitrogen and oxygen atoms in total. The summed E-state index contributed by atoms with van der Waals surface area (Å²) in [5.41, 5.74) is 3.76. The first-order valence-corrected chi connectivity index (χ1v) is 7.35. The Labute approximate surface area is 121 Å². The van der Waals surface area contributed by atoms with Gasteiger partial charge < -0.3 is 5.32 Å². The zero-order valence-corrected chi connectivity index (χ0v) is 12.8. The number of rotatable bonds is 1. The fraction of sp³-hybridized carbons (Fsp3) is 0.471. The molecule has 1 atom stereocenters. The number of aromatic nitrogens is 2. The summed E-state index contributed by atoms with van der Waals surface area (Å²) in [6, 6.07) is 11.2. The number of aryl methyl sites for hydroxylation is 1. The fourth-order valence-electron chi connectivity index (χ4n) is 2.89. The number of hydrogen-bond donors (Lipinski definition) is 1. The lowest BCUT2D eigenvalue weighted by Gasteiger charge is -2.35. The van der Waals surface area contributed by atoms with E-state index in [0.717, 1.165) is 24.5 Å². The lowest BCUT2D eigenvalue weighted by atomic mass is 9.84. The van der Waals surface area contributed by atoms with Crippen LogP contribution in [0.15, 0.2) is 30.3 Å². The maximum atomic E-state index is 4.85. The third-order valence-corrected chi connectivity index (χ3v) is 4.10. The summed E-state index contributed by atoms with van der Waals surface area (Å²) in [5, 5.41) is 8.32. The highest BCUT2D eigenvalue weighted by molar-refractivity contribution is 5.63. The van der Waals surface area contributed by atoms with Gasteiger partial charge in [0.1, 0.15) is 5.82 Å². The topological polar surface area (TPSA) is 29.9 Å². The van der Waals surface area contributed by atoms with Crippen molar-refractivity contribution < 1.29 is 0 Å². The maximum Gasteiger partial charge on any atom is 0.125 e. The summed E-state index contributed by atoms with van der Waals surface area (Å²) in [6.07, 6.45) is 1.13. The van der Waals surface area contributed by atoms with Crippen LogP contribution in [0.2, 0.25) is 0 Å². The molecule has 1 aromatic carbocycles. The summed E-state index contributed by atoms with van der Waals surface area (Å²) in [4.78, 5) is 0. The number of nitrogens with one attached hydrogen (secondary N) is 1. The molecule has 1 aliphatic heterocycles. The van der Waals surface area contributed by atoms with Gasteiger partial charge in [0.15, 0.2) is 0 Å². The second-order valence-electron chi connectivity index (χ2n) is 6.82. The van der Waals surface area contributed by atoms with Crippen molar-refractivity contribution in [3.05, 3.63) is 35.9 Å². The minimum Gasteiger partial charge on any atom is -0.370 e. The maximum absolute atomic E-state index is 4.85. The lowest BCUT2D eigenvalue weighted by molar-refractivity contribution is 0.211. The lowest BCUT2D eigenvalue weighted by Crippen LogP contribution is -2.32. The SMILES string of the molecule is Cc1ccc(-c2cc3n(n2)C(C(C)(C)C)CCN3)cc1. The first-order chi connectivity index (χ1) is 9.45. The van der Waals surface area contributed by atoms with Crippen molar-refractivity contribution >= 4 is 5.82 Å². The van der Waals surface area contributed by atoms with E-state index in [9.17, 15) is 0 Å². The molecular formula is C17H23N3. The van der Waals surface area contributed by atoms with Gasteiger partial charge in [0.05, 0.1) is 11.7 Å². The third-order valence-electron chi connectivity index (χ3n) is 4.10. The molecule has 1 N–H and O–H groups in total. The van der Waals surface area contributed by atoms with Crippen LogP contribution in [0.1, 0.15) is 38.8 Å². The highest BCUT2D eigenvalue weighted by Gasteiger charge is 2.31. The molecular weight excluding hydrogens is 246 g/mol. The van der Waals surface area contributed by atoms with Gasteiger partial charge in [0, 0.05) is 18.2 Å². The molecule has 20 heavy (non-hydrogen) atoms. The summed E-state index contributed by atoms with van der Waals surface area (Å²) >= 11 is 0. The van der Waals surface area contributed by atoms with Gasteiger partial charge in [-0.1, -0.05) is 50.6 Å². The average molecular weight is 269 g/mol. The number of fused-ring (bicyclic) bond motifs is 1. The Hall–Kier alpha value is -1.77. The average Bonchev–Trinajstić information content (AvgIpc) is 2.81. The Morgan fingerprint density at radius 1 is 1.20 bits per heavy atom. The molecule has 3 rings (SSSR count). The van der Waals surface area contributed by atoms with Crippen molar-refractivity contribution in [2.45, 2.75) is 40.2 Å². The smallest absolute Gasteiger partial charge is 0.125 e. The van der Waals surface area contributed by atoms with Gasteiger partial charge in [-0.25, -0.2) is 4.68 Å². The Kier molecular flexibility index (Phi) is 3.08. The normalized spacial score (nSPS) is 18.5. The first kappa shape index (κ1) is 13.2. The second-order valence-corrected chi connectivity index (χ2v) is 6.82. The second kappa shape index (κ2) is 4.65. The van der Waals surface area contributed by atoms with Gasteiger partial charge in [-0.2, -0.15) is 5.10 Å². The van der Waals surface area contributed by atoms with Crippen molar-refractivity contribution in [2.75, 3.05) is 11.9 Å². The predicted octanol–water partition coefficient (Wildman–Crippen LogP) is 4.26. The standard InChI is InChI=1S/C17H23N3/c1-12-5-7-13(8-6-12)14-11-16-18-10-9-15(17(2,3)4)20(16)19-14/h5-8,11,15,18H,9-10H2,1-4H3. The van der Waals surface area contributed by atoms with E-state index in [0.29, 0.717) is 6.04 Å². The Bertz CT molecular complexity index is 602. The predicted molar refractivity (Wildman–Crippen MR) is 84.0 cm³/mol. The monoisotopic (exact) mass is 269 g/mol. The molecule has 1 unspecified atom stereocenters. The minimum atomic E-state index is 0.230. The van der Waals surface area contributed by atoms with Gasteiger partial charge in [0.2, 0.25) is 0 Å². The highest BCUT2D eigenvalue weighted by Crippen LogP contribution is 2.38. The molecule has 106 valence electrons. The van der Waals surface area contributed by atoms with Crippen molar-refractivity contribution in [2.24, 2.45) is 5.41 Å². The van der Waals surface area contributed by atoms with Crippen molar-refractivity contribution in [3.63, 3.8) is 0 Å². The molecule has 0 radical (unpaired) electrons.